The van der Waals surface area contributed by atoms with Crippen LogP contribution in [0.3, 0.4) is 0 Å². The zero-order valence-electron chi connectivity index (χ0n) is 15.7. The number of aromatic amines is 1. The van der Waals surface area contributed by atoms with Gasteiger partial charge in [-0.3, -0.25) is 14.6 Å². The van der Waals surface area contributed by atoms with Gasteiger partial charge < -0.3 is 15.0 Å². The highest BCUT2D eigenvalue weighted by atomic mass is 16.5. The third-order valence-electron chi connectivity index (χ3n) is 4.24. The molecule has 0 bridgehead atoms. The number of nitrogens with one attached hydrogen (secondary N) is 2. The first-order chi connectivity index (χ1) is 14.1. The number of benzene rings is 2. The van der Waals surface area contributed by atoms with Crippen LogP contribution >= 0.6 is 0 Å². The normalized spacial score (nSPS) is 10.7. The minimum Gasteiger partial charge on any atom is -0.481 e. The maximum absolute atomic E-state index is 12.3. The number of fused-ring (bicyclic) bond motifs is 1. The number of para-hydroxylation sites is 1. The molecule has 29 heavy (non-hydrogen) atoms. The minimum atomic E-state index is -0.305. The lowest BCUT2D eigenvalue weighted by atomic mass is 10.2. The molecule has 4 rings (SSSR count). The van der Waals surface area contributed by atoms with E-state index in [0.29, 0.717) is 34.0 Å². The lowest BCUT2D eigenvalue weighted by molar-refractivity contribution is -0.118. The molecule has 0 radical (unpaired) electrons. The van der Waals surface area contributed by atoms with Gasteiger partial charge in [0.1, 0.15) is 17.1 Å². The largest absolute Gasteiger partial charge is 0.481 e. The number of hydrogen-bond donors (Lipinski definition) is 2. The van der Waals surface area contributed by atoms with Gasteiger partial charge in [-0.25, -0.2) is 4.98 Å². The average molecular weight is 386 g/mol. The molecule has 0 atom stereocenters. The van der Waals surface area contributed by atoms with E-state index in [0.717, 1.165) is 5.39 Å². The van der Waals surface area contributed by atoms with Crippen molar-refractivity contribution >= 4 is 22.5 Å². The summed E-state index contributed by atoms with van der Waals surface area (Å²) in [5.41, 5.74) is 2.38. The van der Waals surface area contributed by atoms with Gasteiger partial charge in [-0.2, -0.15) is 0 Å². The number of ether oxygens (including phenoxy) is 1. The van der Waals surface area contributed by atoms with Crippen LogP contribution in [0.25, 0.3) is 22.3 Å². The molecule has 0 saturated carbocycles. The molecule has 0 spiro atoms. The Morgan fingerprint density at radius 2 is 1.93 bits per heavy atom. The first-order valence-corrected chi connectivity index (χ1v) is 9.03. The number of H-pyrrole nitrogens is 1. The summed E-state index contributed by atoms with van der Waals surface area (Å²) >= 11 is 0. The standard InChI is InChI=1S/C22H18N4O3/c1-14-11-19(27)26-22(24-14)16-6-2-8-17(12-16)25-20(28)13-29-18-9-3-5-15-7-4-10-23-21(15)18/h2-12H,13H2,1H3,(H,25,28)(H,24,26,27). The van der Waals surface area contributed by atoms with Gasteiger partial charge in [0.25, 0.3) is 11.5 Å². The summed E-state index contributed by atoms with van der Waals surface area (Å²) in [5, 5.41) is 3.74. The van der Waals surface area contributed by atoms with Gasteiger partial charge in [-0.1, -0.05) is 30.3 Å². The summed E-state index contributed by atoms with van der Waals surface area (Å²) in [6, 6.07) is 17.9. The summed E-state index contributed by atoms with van der Waals surface area (Å²) in [6.07, 6.45) is 1.68. The summed E-state index contributed by atoms with van der Waals surface area (Å²) in [5.74, 6) is 0.693. The monoisotopic (exact) mass is 386 g/mol. The van der Waals surface area contributed by atoms with Gasteiger partial charge >= 0.3 is 0 Å². The predicted octanol–water partition coefficient (Wildman–Crippen LogP) is 3.31. The van der Waals surface area contributed by atoms with E-state index in [-0.39, 0.29) is 18.1 Å². The summed E-state index contributed by atoms with van der Waals surface area (Å²) in [6.45, 7) is 1.60. The second-order valence-corrected chi connectivity index (χ2v) is 6.48. The topological polar surface area (TPSA) is 97.0 Å². The van der Waals surface area contributed by atoms with Crippen LogP contribution in [0.2, 0.25) is 0 Å². The fourth-order valence-electron chi connectivity index (χ4n) is 2.99. The highest BCUT2D eigenvalue weighted by Gasteiger charge is 2.09. The van der Waals surface area contributed by atoms with Crippen molar-refractivity contribution in [1.82, 2.24) is 15.0 Å². The molecule has 4 aromatic rings. The summed E-state index contributed by atoms with van der Waals surface area (Å²) in [7, 11) is 0. The zero-order valence-corrected chi connectivity index (χ0v) is 15.7. The lowest BCUT2D eigenvalue weighted by Crippen LogP contribution is -2.20. The molecule has 0 fully saturated rings. The van der Waals surface area contributed by atoms with Crippen molar-refractivity contribution in [3.8, 4) is 17.1 Å². The molecule has 2 aromatic carbocycles. The van der Waals surface area contributed by atoms with Crippen LogP contribution in [0.5, 0.6) is 5.75 Å². The molecule has 0 aliphatic heterocycles. The smallest absolute Gasteiger partial charge is 0.262 e. The van der Waals surface area contributed by atoms with E-state index in [4.69, 9.17) is 4.74 Å². The molecule has 0 aliphatic carbocycles. The van der Waals surface area contributed by atoms with Crippen molar-refractivity contribution in [2.75, 3.05) is 11.9 Å². The van der Waals surface area contributed by atoms with Crippen LogP contribution in [-0.2, 0) is 4.79 Å². The van der Waals surface area contributed by atoms with E-state index in [1.165, 1.54) is 6.07 Å². The second-order valence-electron chi connectivity index (χ2n) is 6.48. The molecule has 0 aliphatic rings. The third kappa shape index (κ3) is 4.30. The van der Waals surface area contributed by atoms with Gasteiger partial charge in [0.05, 0.1) is 0 Å². The molecular formula is C22H18N4O3. The minimum absolute atomic E-state index is 0.153. The fourth-order valence-corrected chi connectivity index (χ4v) is 2.99. The Hall–Kier alpha value is -4.00. The zero-order chi connectivity index (χ0) is 20.2. The van der Waals surface area contributed by atoms with Crippen LogP contribution in [0.1, 0.15) is 5.69 Å². The number of hydrogen-bond acceptors (Lipinski definition) is 5. The SMILES string of the molecule is Cc1cc(=O)[nH]c(-c2cccc(NC(=O)COc3cccc4cccnc34)c2)n1. The van der Waals surface area contributed by atoms with E-state index in [1.54, 1.807) is 37.4 Å². The maximum atomic E-state index is 12.3. The molecular weight excluding hydrogens is 368 g/mol. The van der Waals surface area contributed by atoms with Crippen LogP contribution in [0.4, 0.5) is 5.69 Å². The molecule has 7 heteroatoms. The number of nitrogens with zero attached hydrogens (tertiary/aromatic N) is 2. The molecule has 144 valence electrons. The van der Waals surface area contributed by atoms with Crippen molar-refractivity contribution in [3.05, 3.63) is 82.9 Å². The van der Waals surface area contributed by atoms with Gasteiger partial charge in [0.15, 0.2) is 6.61 Å². The molecule has 2 heterocycles. The van der Waals surface area contributed by atoms with E-state index < -0.39 is 0 Å². The van der Waals surface area contributed by atoms with Crippen molar-refractivity contribution in [2.45, 2.75) is 6.92 Å². The summed E-state index contributed by atoms with van der Waals surface area (Å²) in [4.78, 5) is 35.4. The fraction of sp³-hybridized carbons (Fsp3) is 0.0909. The number of carbonyl (C=O) groups is 1. The molecule has 1 amide bonds. The molecule has 7 nitrogen and oxygen atoms in total. The van der Waals surface area contributed by atoms with Crippen LogP contribution < -0.4 is 15.6 Å². The van der Waals surface area contributed by atoms with Gasteiger partial charge in [0.2, 0.25) is 0 Å². The van der Waals surface area contributed by atoms with E-state index in [1.807, 2.05) is 30.3 Å². The maximum Gasteiger partial charge on any atom is 0.262 e. The highest BCUT2D eigenvalue weighted by Crippen LogP contribution is 2.23. The Bertz CT molecular complexity index is 1240. The molecule has 2 N–H and O–H groups in total. The number of carbonyl (C=O) groups excluding carboxylic acids is 1. The molecule has 2 aromatic heterocycles. The Kier molecular flexibility index (Phi) is 5.03. The Labute approximate surface area is 166 Å². The Balaban J connectivity index is 1.47. The number of rotatable bonds is 5. The van der Waals surface area contributed by atoms with E-state index >= 15 is 0 Å². The number of aromatic nitrogens is 3. The quantitative estimate of drug-likeness (QED) is 0.548. The third-order valence-corrected chi connectivity index (χ3v) is 4.24. The number of pyridine rings is 1. The van der Waals surface area contributed by atoms with Crippen LogP contribution in [0, 0.1) is 6.92 Å². The van der Waals surface area contributed by atoms with Gasteiger partial charge in [-0.05, 0) is 31.2 Å². The van der Waals surface area contributed by atoms with Gasteiger partial charge in [0, 0.05) is 34.6 Å². The lowest BCUT2D eigenvalue weighted by Gasteiger charge is -2.10. The van der Waals surface area contributed by atoms with Gasteiger partial charge in [-0.15, -0.1) is 0 Å². The number of aryl methyl sites for hydroxylation is 1. The Morgan fingerprint density at radius 1 is 1.10 bits per heavy atom. The van der Waals surface area contributed by atoms with E-state index in [9.17, 15) is 9.59 Å². The first kappa shape index (κ1) is 18.4. The van der Waals surface area contributed by atoms with Crippen molar-refractivity contribution in [3.63, 3.8) is 0 Å². The number of anilines is 1. The molecule has 0 saturated heterocycles. The predicted molar refractivity (Wildman–Crippen MR) is 111 cm³/mol. The van der Waals surface area contributed by atoms with Crippen molar-refractivity contribution in [1.29, 1.82) is 0 Å². The average Bonchev–Trinajstić information content (AvgIpc) is 2.72. The summed E-state index contributed by atoms with van der Waals surface area (Å²) < 4.78 is 5.67. The van der Waals surface area contributed by atoms with Crippen molar-refractivity contribution < 1.29 is 9.53 Å². The van der Waals surface area contributed by atoms with E-state index in [2.05, 4.69) is 20.3 Å². The highest BCUT2D eigenvalue weighted by molar-refractivity contribution is 5.93. The first-order valence-electron chi connectivity index (χ1n) is 9.03. The molecule has 0 unspecified atom stereocenters. The van der Waals surface area contributed by atoms with Crippen molar-refractivity contribution in [2.24, 2.45) is 0 Å². The Morgan fingerprint density at radius 3 is 2.79 bits per heavy atom. The van der Waals surface area contributed by atoms with Crippen LogP contribution in [-0.4, -0.2) is 27.5 Å². The number of amides is 1. The second kappa shape index (κ2) is 7.93. The van der Waals surface area contributed by atoms with Crippen LogP contribution in [0.15, 0.2) is 71.7 Å².